The van der Waals surface area contributed by atoms with Gasteiger partial charge in [-0.05, 0) is 57.3 Å². The number of benzene rings is 1. The van der Waals surface area contributed by atoms with Gasteiger partial charge in [-0.15, -0.1) is 0 Å². The van der Waals surface area contributed by atoms with Crippen LogP contribution in [0.3, 0.4) is 0 Å². The quantitative estimate of drug-likeness (QED) is 0.930. The highest BCUT2D eigenvalue weighted by molar-refractivity contribution is 5.78. The molecule has 0 spiro atoms. The van der Waals surface area contributed by atoms with E-state index < -0.39 is 0 Å². The standard InChI is InChI=1S/C16H21N3O/c1-12-18-16(20)14-4-2-3-5-15(14)19(12)11-8-13-6-9-17-10-7-13/h2-5,13,17H,6-11H2,1H3. The topological polar surface area (TPSA) is 46.9 Å². The Hall–Kier alpha value is -1.68. The van der Waals surface area contributed by atoms with E-state index in [1.54, 1.807) is 0 Å². The third-order valence-electron chi connectivity index (χ3n) is 4.30. The molecule has 4 heteroatoms. The van der Waals surface area contributed by atoms with Gasteiger partial charge in [0.15, 0.2) is 0 Å². The van der Waals surface area contributed by atoms with Gasteiger partial charge in [-0.2, -0.15) is 4.98 Å². The molecule has 2 aromatic rings. The number of fused-ring (bicyclic) bond motifs is 1. The van der Waals surface area contributed by atoms with Crippen molar-refractivity contribution in [2.45, 2.75) is 32.7 Å². The Kier molecular flexibility index (Phi) is 3.83. The summed E-state index contributed by atoms with van der Waals surface area (Å²) in [5.74, 6) is 1.61. The molecule has 1 saturated heterocycles. The Bertz CT molecular complexity index is 656. The molecular weight excluding hydrogens is 250 g/mol. The molecule has 3 rings (SSSR count). The molecule has 0 saturated carbocycles. The van der Waals surface area contributed by atoms with Crippen molar-refractivity contribution < 1.29 is 0 Å². The lowest BCUT2D eigenvalue weighted by Gasteiger charge is -2.23. The van der Waals surface area contributed by atoms with Gasteiger partial charge < -0.3 is 9.88 Å². The highest BCUT2D eigenvalue weighted by Crippen LogP contribution is 2.19. The van der Waals surface area contributed by atoms with Crippen molar-refractivity contribution in [3.05, 3.63) is 40.4 Å². The molecule has 1 aromatic heterocycles. The van der Waals surface area contributed by atoms with Gasteiger partial charge in [-0.1, -0.05) is 12.1 Å². The van der Waals surface area contributed by atoms with Gasteiger partial charge in [0.1, 0.15) is 5.82 Å². The van der Waals surface area contributed by atoms with Crippen molar-refractivity contribution in [3.63, 3.8) is 0 Å². The molecule has 2 heterocycles. The second-order valence-electron chi connectivity index (χ2n) is 5.62. The minimum Gasteiger partial charge on any atom is -0.329 e. The van der Waals surface area contributed by atoms with E-state index in [9.17, 15) is 4.79 Å². The normalized spacial score (nSPS) is 16.6. The maximum atomic E-state index is 11.9. The van der Waals surface area contributed by atoms with E-state index in [2.05, 4.69) is 14.9 Å². The Morgan fingerprint density at radius 1 is 1.30 bits per heavy atom. The van der Waals surface area contributed by atoms with Crippen LogP contribution in [0.1, 0.15) is 25.1 Å². The Morgan fingerprint density at radius 3 is 2.85 bits per heavy atom. The van der Waals surface area contributed by atoms with Crippen LogP contribution in [0.4, 0.5) is 0 Å². The molecule has 0 radical (unpaired) electrons. The number of aryl methyl sites for hydroxylation is 2. The summed E-state index contributed by atoms with van der Waals surface area (Å²) in [4.78, 5) is 16.1. The Morgan fingerprint density at radius 2 is 2.05 bits per heavy atom. The van der Waals surface area contributed by atoms with Gasteiger partial charge in [0, 0.05) is 6.54 Å². The van der Waals surface area contributed by atoms with Crippen molar-refractivity contribution >= 4 is 10.9 Å². The van der Waals surface area contributed by atoms with Crippen molar-refractivity contribution in [1.29, 1.82) is 0 Å². The maximum absolute atomic E-state index is 11.9. The minimum atomic E-state index is -0.115. The Labute approximate surface area is 118 Å². The summed E-state index contributed by atoms with van der Waals surface area (Å²) in [6.07, 6.45) is 3.67. The third kappa shape index (κ3) is 2.61. The van der Waals surface area contributed by atoms with E-state index in [-0.39, 0.29) is 5.56 Å². The van der Waals surface area contributed by atoms with Crippen LogP contribution in [0.2, 0.25) is 0 Å². The molecular formula is C16H21N3O. The molecule has 1 aliphatic heterocycles. The van der Waals surface area contributed by atoms with E-state index in [1.807, 2.05) is 31.2 Å². The SMILES string of the molecule is Cc1nc(=O)c2ccccc2n1CCC1CCNCC1. The molecule has 0 bridgehead atoms. The fourth-order valence-electron chi connectivity index (χ4n) is 3.10. The first-order valence-electron chi connectivity index (χ1n) is 7.42. The maximum Gasteiger partial charge on any atom is 0.280 e. The van der Waals surface area contributed by atoms with Crippen LogP contribution < -0.4 is 10.9 Å². The van der Waals surface area contributed by atoms with Crippen LogP contribution in [-0.4, -0.2) is 22.6 Å². The molecule has 0 unspecified atom stereocenters. The van der Waals surface area contributed by atoms with Crippen molar-refractivity contribution in [2.24, 2.45) is 5.92 Å². The summed E-state index contributed by atoms with van der Waals surface area (Å²) in [5.41, 5.74) is 0.898. The van der Waals surface area contributed by atoms with Crippen LogP contribution in [-0.2, 0) is 6.54 Å². The van der Waals surface area contributed by atoms with Crippen molar-refractivity contribution in [1.82, 2.24) is 14.9 Å². The number of piperidine rings is 1. The van der Waals surface area contributed by atoms with E-state index >= 15 is 0 Å². The highest BCUT2D eigenvalue weighted by atomic mass is 16.1. The van der Waals surface area contributed by atoms with Gasteiger partial charge in [0.25, 0.3) is 5.56 Å². The van der Waals surface area contributed by atoms with Crippen molar-refractivity contribution in [2.75, 3.05) is 13.1 Å². The van der Waals surface area contributed by atoms with Gasteiger partial charge >= 0.3 is 0 Å². The van der Waals surface area contributed by atoms with Gasteiger partial charge in [-0.25, -0.2) is 0 Å². The summed E-state index contributed by atoms with van der Waals surface area (Å²) in [5, 5.41) is 4.13. The van der Waals surface area contributed by atoms with Gasteiger partial charge in [0.2, 0.25) is 0 Å². The largest absolute Gasteiger partial charge is 0.329 e. The number of hydrogen-bond acceptors (Lipinski definition) is 3. The van der Waals surface area contributed by atoms with Crippen LogP contribution >= 0.6 is 0 Å². The third-order valence-corrected chi connectivity index (χ3v) is 4.30. The number of hydrogen-bond donors (Lipinski definition) is 1. The summed E-state index contributed by atoms with van der Waals surface area (Å²) < 4.78 is 2.19. The lowest BCUT2D eigenvalue weighted by atomic mass is 9.94. The number of para-hydroxylation sites is 1. The van der Waals surface area contributed by atoms with Crippen LogP contribution in [0.15, 0.2) is 29.1 Å². The molecule has 1 N–H and O–H groups in total. The van der Waals surface area contributed by atoms with Gasteiger partial charge in [0.05, 0.1) is 10.9 Å². The molecule has 1 aromatic carbocycles. The van der Waals surface area contributed by atoms with Crippen molar-refractivity contribution in [3.8, 4) is 0 Å². The second kappa shape index (κ2) is 5.75. The lowest BCUT2D eigenvalue weighted by molar-refractivity contribution is 0.337. The first-order valence-corrected chi connectivity index (χ1v) is 7.42. The molecule has 0 atom stereocenters. The summed E-state index contributed by atoms with van der Waals surface area (Å²) in [6.45, 7) is 5.14. The Balaban J connectivity index is 1.88. The minimum absolute atomic E-state index is 0.115. The average molecular weight is 271 g/mol. The first-order chi connectivity index (χ1) is 9.75. The first kappa shape index (κ1) is 13.3. The summed E-state index contributed by atoms with van der Waals surface area (Å²) >= 11 is 0. The monoisotopic (exact) mass is 271 g/mol. The van der Waals surface area contributed by atoms with E-state index in [0.29, 0.717) is 0 Å². The number of rotatable bonds is 3. The smallest absolute Gasteiger partial charge is 0.280 e. The van der Waals surface area contributed by atoms with Crippen LogP contribution in [0, 0.1) is 12.8 Å². The van der Waals surface area contributed by atoms with Gasteiger partial charge in [-0.3, -0.25) is 4.79 Å². The van der Waals surface area contributed by atoms with E-state index in [1.165, 1.54) is 12.8 Å². The fourth-order valence-corrected chi connectivity index (χ4v) is 3.10. The number of nitrogens with zero attached hydrogens (tertiary/aromatic N) is 2. The zero-order valence-corrected chi connectivity index (χ0v) is 11.9. The fraction of sp³-hybridized carbons (Fsp3) is 0.500. The van der Waals surface area contributed by atoms with Crippen LogP contribution in [0.25, 0.3) is 10.9 Å². The predicted octanol–water partition coefficient (Wildman–Crippen LogP) is 2.09. The molecule has 4 nitrogen and oxygen atoms in total. The highest BCUT2D eigenvalue weighted by Gasteiger charge is 2.14. The summed E-state index contributed by atoms with van der Waals surface area (Å²) in [7, 11) is 0. The van der Waals surface area contributed by atoms with Crippen LogP contribution in [0.5, 0.6) is 0 Å². The summed E-state index contributed by atoms with van der Waals surface area (Å²) in [6, 6.07) is 7.78. The molecule has 0 aliphatic carbocycles. The molecule has 106 valence electrons. The second-order valence-corrected chi connectivity index (χ2v) is 5.62. The van der Waals surface area contributed by atoms with E-state index in [4.69, 9.17) is 0 Å². The molecule has 20 heavy (non-hydrogen) atoms. The number of aromatic nitrogens is 2. The molecule has 1 aliphatic rings. The zero-order valence-electron chi connectivity index (χ0n) is 11.9. The number of nitrogens with one attached hydrogen (secondary N) is 1. The lowest BCUT2D eigenvalue weighted by Crippen LogP contribution is -2.28. The zero-order chi connectivity index (χ0) is 13.9. The molecule has 1 fully saturated rings. The molecule has 0 amide bonds. The van der Waals surface area contributed by atoms with E-state index in [0.717, 1.165) is 48.7 Å². The average Bonchev–Trinajstić information content (AvgIpc) is 2.48. The predicted molar refractivity (Wildman–Crippen MR) is 81.0 cm³/mol.